The van der Waals surface area contributed by atoms with Gasteiger partial charge >= 0.3 is 0 Å². The first-order valence-electron chi connectivity index (χ1n) is 5.68. The Balaban J connectivity index is 1.56. The van der Waals surface area contributed by atoms with Gasteiger partial charge in [-0.1, -0.05) is 0 Å². The van der Waals surface area contributed by atoms with E-state index in [1.165, 1.54) is 32.2 Å². The zero-order valence-electron chi connectivity index (χ0n) is 9.21. The molecular weight excluding hydrogens is 194 g/mol. The lowest BCUT2D eigenvalue weighted by molar-refractivity contribution is -0.00975. The second-order valence-corrected chi connectivity index (χ2v) is 5.79. The van der Waals surface area contributed by atoms with E-state index < -0.39 is 0 Å². The third-order valence-corrected chi connectivity index (χ3v) is 4.87. The molecule has 2 nitrogen and oxygen atoms in total. The minimum atomic E-state index is 0.543. The number of hydrogen-bond donors (Lipinski definition) is 1. The fourth-order valence-corrected chi connectivity index (χ4v) is 2.76. The number of thioether (sulfide) groups is 1. The third-order valence-electron chi connectivity index (χ3n) is 3.45. The summed E-state index contributed by atoms with van der Waals surface area (Å²) in [6.07, 6.45) is 8.03. The van der Waals surface area contributed by atoms with Crippen LogP contribution in [0.1, 0.15) is 32.6 Å². The molecule has 2 rings (SSSR count). The summed E-state index contributed by atoms with van der Waals surface area (Å²) in [6.45, 7) is 4.15. The van der Waals surface area contributed by atoms with Crippen LogP contribution < -0.4 is 5.32 Å². The molecule has 0 unspecified atom stereocenters. The standard InChI is InChI=1S/C11H21NOS/c1-3-13-10-6-9(7-10)12-8-11(14-2)4-5-11/h9-10,12H,3-8H2,1-2H3. The Labute approximate surface area is 91.2 Å². The number of ether oxygens (including phenoxy) is 1. The van der Waals surface area contributed by atoms with Gasteiger partial charge in [-0.05, 0) is 38.9 Å². The van der Waals surface area contributed by atoms with Crippen LogP contribution in [0.2, 0.25) is 0 Å². The SMILES string of the molecule is CCOC1CC(NCC2(SC)CC2)C1. The van der Waals surface area contributed by atoms with Crippen molar-refractivity contribution < 1.29 is 4.74 Å². The van der Waals surface area contributed by atoms with E-state index in [1.807, 2.05) is 11.8 Å². The van der Waals surface area contributed by atoms with Crippen molar-refractivity contribution in [3.05, 3.63) is 0 Å². The molecule has 0 spiro atoms. The summed E-state index contributed by atoms with van der Waals surface area (Å²) >= 11 is 2.03. The van der Waals surface area contributed by atoms with E-state index >= 15 is 0 Å². The van der Waals surface area contributed by atoms with Gasteiger partial charge in [0.05, 0.1) is 6.10 Å². The first-order chi connectivity index (χ1) is 6.78. The average molecular weight is 215 g/mol. The second kappa shape index (κ2) is 4.42. The van der Waals surface area contributed by atoms with Gasteiger partial charge in [-0.25, -0.2) is 0 Å². The lowest BCUT2D eigenvalue weighted by atomic mass is 9.89. The van der Waals surface area contributed by atoms with Crippen LogP contribution in [0.25, 0.3) is 0 Å². The van der Waals surface area contributed by atoms with Gasteiger partial charge in [-0.3, -0.25) is 0 Å². The molecule has 0 aliphatic heterocycles. The zero-order valence-corrected chi connectivity index (χ0v) is 10.0. The van der Waals surface area contributed by atoms with Crippen molar-refractivity contribution in [2.24, 2.45) is 0 Å². The molecule has 0 aromatic heterocycles. The fraction of sp³-hybridized carbons (Fsp3) is 1.00. The summed E-state index contributed by atoms with van der Waals surface area (Å²) in [4.78, 5) is 0. The van der Waals surface area contributed by atoms with Crippen molar-refractivity contribution in [2.45, 2.75) is 49.5 Å². The first kappa shape index (κ1) is 10.8. The summed E-state index contributed by atoms with van der Waals surface area (Å²) in [5, 5.41) is 3.66. The molecule has 2 aliphatic carbocycles. The molecule has 0 atom stereocenters. The third kappa shape index (κ3) is 2.44. The Morgan fingerprint density at radius 1 is 1.43 bits per heavy atom. The maximum absolute atomic E-state index is 5.54. The maximum atomic E-state index is 5.54. The van der Waals surface area contributed by atoms with Gasteiger partial charge in [-0.15, -0.1) is 0 Å². The molecule has 1 N–H and O–H groups in total. The molecule has 0 aromatic rings. The molecule has 14 heavy (non-hydrogen) atoms. The van der Waals surface area contributed by atoms with Crippen LogP contribution in [0.4, 0.5) is 0 Å². The summed E-state index contributed by atoms with van der Waals surface area (Å²) < 4.78 is 6.14. The van der Waals surface area contributed by atoms with Crippen molar-refractivity contribution in [3.8, 4) is 0 Å². The van der Waals surface area contributed by atoms with E-state index in [4.69, 9.17) is 4.74 Å². The highest BCUT2D eigenvalue weighted by atomic mass is 32.2. The van der Waals surface area contributed by atoms with Crippen LogP contribution in [0.3, 0.4) is 0 Å². The molecule has 2 aliphatic rings. The average Bonchev–Trinajstić information content (AvgIpc) is 2.90. The van der Waals surface area contributed by atoms with E-state index in [2.05, 4.69) is 18.5 Å². The maximum Gasteiger partial charge on any atom is 0.0604 e. The molecule has 0 saturated heterocycles. The number of hydrogen-bond acceptors (Lipinski definition) is 3. The van der Waals surface area contributed by atoms with E-state index in [-0.39, 0.29) is 0 Å². The van der Waals surface area contributed by atoms with Gasteiger partial charge in [0.25, 0.3) is 0 Å². The monoisotopic (exact) mass is 215 g/mol. The van der Waals surface area contributed by atoms with Crippen molar-refractivity contribution in [1.29, 1.82) is 0 Å². The summed E-state index contributed by atoms with van der Waals surface area (Å²) in [5.74, 6) is 0. The first-order valence-corrected chi connectivity index (χ1v) is 6.90. The lowest BCUT2D eigenvalue weighted by Crippen LogP contribution is -2.47. The highest BCUT2D eigenvalue weighted by Crippen LogP contribution is 2.46. The number of nitrogens with one attached hydrogen (secondary N) is 1. The van der Waals surface area contributed by atoms with Gasteiger partial charge < -0.3 is 10.1 Å². The van der Waals surface area contributed by atoms with E-state index in [0.717, 1.165) is 12.6 Å². The smallest absolute Gasteiger partial charge is 0.0604 e. The van der Waals surface area contributed by atoms with Gasteiger partial charge in [0.1, 0.15) is 0 Å². The summed E-state index contributed by atoms with van der Waals surface area (Å²) in [5.41, 5.74) is 0. The minimum Gasteiger partial charge on any atom is -0.378 e. The van der Waals surface area contributed by atoms with Crippen LogP contribution in [0, 0.1) is 0 Å². The summed E-state index contributed by atoms with van der Waals surface area (Å²) in [7, 11) is 0. The lowest BCUT2D eigenvalue weighted by Gasteiger charge is -2.36. The van der Waals surface area contributed by atoms with Gasteiger partial charge in [0.15, 0.2) is 0 Å². The second-order valence-electron chi connectivity index (χ2n) is 4.51. The Bertz CT molecular complexity index is 188. The van der Waals surface area contributed by atoms with Gasteiger partial charge in [0, 0.05) is 23.9 Å². The molecule has 0 bridgehead atoms. The largest absolute Gasteiger partial charge is 0.378 e. The Hall–Kier alpha value is 0.270. The van der Waals surface area contributed by atoms with Gasteiger partial charge in [-0.2, -0.15) is 11.8 Å². The molecule has 3 heteroatoms. The Morgan fingerprint density at radius 2 is 2.14 bits per heavy atom. The molecule has 2 fully saturated rings. The van der Waals surface area contributed by atoms with Crippen LogP contribution in [0.5, 0.6) is 0 Å². The Kier molecular flexibility index (Phi) is 3.40. The molecule has 0 radical (unpaired) electrons. The van der Waals surface area contributed by atoms with Gasteiger partial charge in [0.2, 0.25) is 0 Å². The van der Waals surface area contributed by atoms with Crippen LogP contribution in [0.15, 0.2) is 0 Å². The van der Waals surface area contributed by atoms with Crippen molar-refractivity contribution >= 4 is 11.8 Å². The minimum absolute atomic E-state index is 0.543. The van der Waals surface area contributed by atoms with Crippen LogP contribution in [-0.4, -0.2) is 36.3 Å². The molecule has 0 heterocycles. The predicted molar refractivity (Wildman–Crippen MR) is 61.9 cm³/mol. The zero-order chi connectivity index (χ0) is 10.0. The van der Waals surface area contributed by atoms with Crippen molar-refractivity contribution in [3.63, 3.8) is 0 Å². The van der Waals surface area contributed by atoms with Crippen LogP contribution in [-0.2, 0) is 4.74 Å². The molecule has 0 aromatic carbocycles. The Morgan fingerprint density at radius 3 is 2.64 bits per heavy atom. The molecule has 82 valence electrons. The highest BCUT2D eigenvalue weighted by molar-refractivity contribution is 8.00. The van der Waals surface area contributed by atoms with E-state index in [0.29, 0.717) is 10.9 Å². The fourth-order valence-electron chi connectivity index (χ4n) is 2.03. The highest BCUT2D eigenvalue weighted by Gasteiger charge is 2.42. The molecule has 2 saturated carbocycles. The van der Waals surface area contributed by atoms with Crippen molar-refractivity contribution in [2.75, 3.05) is 19.4 Å². The van der Waals surface area contributed by atoms with E-state index in [9.17, 15) is 0 Å². The van der Waals surface area contributed by atoms with Crippen molar-refractivity contribution in [1.82, 2.24) is 5.32 Å². The quantitative estimate of drug-likeness (QED) is 0.732. The normalized spacial score (nSPS) is 33.9. The molecular formula is C11H21NOS. The molecule has 0 amide bonds. The number of rotatable bonds is 6. The predicted octanol–water partition coefficient (Wildman–Crippen LogP) is 2.04. The summed E-state index contributed by atoms with van der Waals surface area (Å²) in [6, 6.07) is 0.733. The van der Waals surface area contributed by atoms with Crippen LogP contribution >= 0.6 is 11.8 Å². The topological polar surface area (TPSA) is 21.3 Å². The van der Waals surface area contributed by atoms with E-state index in [1.54, 1.807) is 0 Å².